The van der Waals surface area contributed by atoms with E-state index in [4.69, 9.17) is 4.98 Å². The quantitative estimate of drug-likeness (QED) is 0.247. The summed E-state index contributed by atoms with van der Waals surface area (Å²) in [6, 6.07) is 35.0. The van der Waals surface area contributed by atoms with Gasteiger partial charge in [0.2, 0.25) is 0 Å². The van der Waals surface area contributed by atoms with Crippen molar-refractivity contribution >= 4 is 64.0 Å². The molecule has 0 bridgehead atoms. The third-order valence-electron chi connectivity index (χ3n) is 6.28. The lowest BCUT2D eigenvalue weighted by molar-refractivity contribution is 1.43. The van der Waals surface area contributed by atoms with Gasteiger partial charge in [-0.05, 0) is 39.9 Å². The minimum absolute atomic E-state index is 1.07. The standard InChI is InChI=1S/C29H17NS/c1-2-10-21-20(7-1)17-24(29-27(21)23-11-3-4-13-25(23)31-29)22-12-5-8-18-14-15-19-9-6-16-30-28(19)26(18)22/h1-17H. The molecule has 0 N–H and O–H groups in total. The zero-order chi connectivity index (χ0) is 20.4. The van der Waals surface area contributed by atoms with Crippen LogP contribution in [0.2, 0.25) is 0 Å². The average molecular weight is 412 g/mol. The van der Waals surface area contributed by atoms with Gasteiger partial charge < -0.3 is 0 Å². The van der Waals surface area contributed by atoms with Crippen LogP contribution in [0.4, 0.5) is 0 Å². The summed E-state index contributed by atoms with van der Waals surface area (Å²) in [6.07, 6.45) is 1.90. The molecule has 144 valence electrons. The lowest BCUT2D eigenvalue weighted by atomic mass is 9.92. The Kier molecular flexibility index (Phi) is 3.49. The third-order valence-corrected chi connectivity index (χ3v) is 7.48. The summed E-state index contributed by atoms with van der Waals surface area (Å²) in [5, 5.41) is 8.93. The molecule has 0 aliphatic rings. The summed E-state index contributed by atoms with van der Waals surface area (Å²) in [6.45, 7) is 0. The summed E-state index contributed by atoms with van der Waals surface area (Å²) in [5.41, 5.74) is 3.61. The molecule has 7 aromatic rings. The van der Waals surface area contributed by atoms with Gasteiger partial charge in [0.1, 0.15) is 0 Å². The smallest absolute Gasteiger partial charge is 0.0786 e. The van der Waals surface area contributed by atoms with E-state index in [0.29, 0.717) is 0 Å². The number of hydrogen-bond donors (Lipinski definition) is 0. The van der Waals surface area contributed by atoms with Crippen molar-refractivity contribution in [3.05, 3.63) is 103 Å². The summed E-state index contributed by atoms with van der Waals surface area (Å²) in [7, 11) is 0. The fourth-order valence-electron chi connectivity index (χ4n) is 4.91. The molecule has 0 saturated heterocycles. The molecule has 0 spiro atoms. The number of hydrogen-bond acceptors (Lipinski definition) is 2. The lowest BCUT2D eigenvalue weighted by Crippen LogP contribution is -1.87. The molecule has 0 saturated carbocycles. The van der Waals surface area contributed by atoms with Gasteiger partial charge in [-0.1, -0.05) is 78.9 Å². The molecular weight excluding hydrogens is 394 g/mol. The molecule has 7 rings (SSSR count). The minimum atomic E-state index is 1.07. The normalized spacial score (nSPS) is 11.9. The molecule has 0 fully saturated rings. The first-order valence-electron chi connectivity index (χ1n) is 10.5. The molecule has 0 unspecified atom stereocenters. The monoisotopic (exact) mass is 411 g/mol. The van der Waals surface area contributed by atoms with Crippen molar-refractivity contribution in [3.8, 4) is 11.1 Å². The second kappa shape index (κ2) is 6.37. The van der Waals surface area contributed by atoms with Gasteiger partial charge in [-0.2, -0.15) is 0 Å². The van der Waals surface area contributed by atoms with E-state index in [-0.39, 0.29) is 0 Å². The molecule has 2 aromatic heterocycles. The molecular formula is C29H17NS. The highest BCUT2D eigenvalue weighted by Crippen LogP contribution is 2.46. The Morgan fingerprint density at radius 3 is 2.29 bits per heavy atom. The van der Waals surface area contributed by atoms with Crippen LogP contribution in [0, 0.1) is 0 Å². The summed E-state index contributed by atoms with van der Waals surface area (Å²) in [5.74, 6) is 0. The van der Waals surface area contributed by atoms with Crippen LogP contribution in [0.5, 0.6) is 0 Å². The van der Waals surface area contributed by atoms with E-state index in [9.17, 15) is 0 Å². The van der Waals surface area contributed by atoms with E-state index in [1.807, 2.05) is 23.6 Å². The summed E-state index contributed by atoms with van der Waals surface area (Å²) >= 11 is 1.89. The summed E-state index contributed by atoms with van der Waals surface area (Å²) in [4.78, 5) is 4.78. The fraction of sp³-hybridized carbons (Fsp3) is 0. The first-order valence-corrected chi connectivity index (χ1v) is 11.3. The molecule has 0 amide bonds. The maximum absolute atomic E-state index is 4.78. The van der Waals surface area contributed by atoms with Gasteiger partial charge in [0, 0.05) is 42.7 Å². The van der Waals surface area contributed by atoms with Gasteiger partial charge in [-0.25, -0.2) is 0 Å². The predicted molar refractivity (Wildman–Crippen MR) is 135 cm³/mol. The van der Waals surface area contributed by atoms with E-state index in [1.54, 1.807) is 0 Å². The number of pyridine rings is 1. The zero-order valence-electron chi connectivity index (χ0n) is 16.7. The van der Waals surface area contributed by atoms with Crippen molar-refractivity contribution in [2.24, 2.45) is 0 Å². The Morgan fingerprint density at radius 2 is 1.32 bits per heavy atom. The van der Waals surface area contributed by atoms with Crippen LogP contribution in [0.3, 0.4) is 0 Å². The highest BCUT2D eigenvalue weighted by atomic mass is 32.1. The molecule has 2 heteroatoms. The SMILES string of the molecule is c1ccc2c(c1)cc(-c1cccc3ccc4cccnc4c13)c1sc3ccccc3c12. The van der Waals surface area contributed by atoms with Crippen LogP contribution in [0.25, 0.3) is 63.7 Å². The Hall–Kier alpha value is -3.75. The van der Waals surface area contributed by atoms with Crippen LogP contribution in [-0.4, -0.2) is 4.98 Å². The van der Waals surface area contributed by atoms with Gasteiger partial charge >= 0.3 is 0 Å². The summed E-state index contributed by atoms with van der Waals surface area (Å²) < 4.78 is 2.68. The number of aromatic nitrogens is 1. The van der Waals surface area contributed by atoms with Crippen molar-refractivity contribution in [1.82, 2.24) is 4.98 Å². The van der Waals surface area contributed by atoms with Gasteiger partial charge in [0.15, 0.2) is 0 Å². The topological polar surface area (TPSA) is 12.9 Å². The number of benzene rings is 5. The van der Waals surface area contributed by atoms with Crippen molar-refractivity contribution in [2.75, 3.05) is 0 Å². The Labute approximate surface area is 183 Å². The van der Waals surface area contributed by atoms with Crippen LogP contribution in [-0.2, 0) is 0 Å². The first-order chi connectivity index (χ1) is 15.4. The second-order valence-electron chi connectivity index (χ2n) is 7.99. The van der Waals surface area contributed by atoms with E-state index < -0.39 is 0 Å². The second-order valence-corrected chi connectivity index (χ2v) is 9.04. The fourth-order valence-corrected chi connectivity index (χ4v) is 6.16. The van der Waals surface area contributed by atoms with Gasteiger partial charge in [-0.3, -0.25) is 4.98 Å². The zero-order valence-corrected chi connectivity index (χ0v) is 17.5. The molecule has 0 aliphatic heterocycles. The number of nitrogens with zero attached hydrogens (tertiary/aromatic N) is 1. The van der Waals surface area contributed by atoms with E-state index in [0.717, 1.165) is 5.52 Å². The maximum Gasteiger partial charge on any atom is 0.0786 e. The van der Waals surface area contributed by atoms with E-state index in [1.165, 1.54) is 58.2 Å². The van der Waals surface area contributed by atoms with Crippen molar-refractivity contribution < 1.29 is 0 Å². The number of thiophene rings is 1. The molecule has 5 aromatic carbocycles. The average Bonchev–Trinajstić information content (AvgIpc) is 3.23. The number of rotatable bonds is 1. The molecule has 31 heavy (non-hydrogen) atoms. The Bertz CT molecular complexity index is 1790. The Morgan fingerprint density at radius 1 is 0.548 bits per heavy atom. The van der Waals surface area contributed by atoms with Gasteiger partial charge in [-0.15, -0.1) is 11.3 Å². The molecule has 1 nitrogen and oxygen atoms in total. The van der Waals surface area contributed by atoms with Gasteiger partial charge in [0.25, 0.3) is 0 Å². The van der Waals surface area contributed by atoms with Gasteiger partial charge in [0.05, 0.1) is 5.52 Å². The van der Waals surface area contributed by atoms with Crippen LogP contribution < -0.4 is 0 Å². The highest BCUT2D eigenvalue weighted by Gasteiger charge is 2.17. The van der Waals surface area contributed by atoms with E-state index >= 15 is 0 Å². The molecule has 0 atom stereocenters. The van der Waals surface area contributed by atoms with Crippen molar-refractivity contribution in [2.45, 2.75) is 0 Å². The van der Waals surface area contributed by atoms with Crippen molar-refractivity contribution in [3.63, 3.8) is 0 Å². The third kappa shape index (κ3) is 2.40. The van der Waals surface area contributed by atoms with Crippen molar-refractivity contribution in [1.29, 1.82) is 0 Å². The number of fused-ring (bicyclic) bond motifs is 8. The van der Waals surface area contributed by atoms with E-state index in [2.05, 4.69) is 91.0 Å². The van der Waals surface area contributed by atoms with Crippen LogP contribution >= 0.6 is 11.3 Å². The molecule has 2 heterocycles. The Balaban J connectivity index is 1.73. The first kappa shape index (κ1) is 17.0. The lowest BCUT2D eigenvalue weighted by Gasteiger charge is -2.12. The minimum Gasteiger partial charge on any atom is -0.256 e. The largest absolute Gasteiger partial charge is 0.256 e. The maximum atomic E-state index is 4.78. The molecule has 0 aliphatic carbocycles. The predicted octanol–water partition coefficient (Wildman–Crippen LogP) is 8.58. The highest BCUT2D eigenvalue weighted by molar-refractivity contribution is 7.26. The van der Waals surface area contributed by atoms with Crippen LogP contribution in [0.15, 0.2) is 103 Å². The van der Waals surface area contributed by atoms with Crippen LogP contribution in [0.1, 0.15) is 0 Å². The molecule has 0 radical (unpaired) electrons.